The van der Waals surface area contributed by atoms with Crippen LogP contribution in [0.15, 0.2) is 0 Å². The van der Waals surface area contributed by atoms with Crippen molar-refractivity contribution in [2.45, 2.75) is 32.3 Å². The van der Waals surface area contributed by atoms with E-state index in [0.29, 0.717) is 19.3 Å². The van der Waals surface area contributed by atoms with Gasteiger partial charge >= 0.3 is 0 Å². The van der Waals surface area contributed by atoms with Crippen LogP contribution < -0.4 is 11.3 Å². The van der Waals surface area contributed by atoms with E-state index in [9.17, 15) is 4.79 Å². The van der Waals surface area contributed by atoms with E-state index in [4.69, 9.17) is 10.9 Å². The topological polar surface area (TPSA) is 75.3 Å². The van der Waals surface area contributed by atoms with Gasteiger partial charge in [0, 0.05) is 6.42 Å². The molecule has 0 unspecified atom stereocenters. The molecule has 4 heteroatoms. The molecule has 0 aromatic rings. The van der Waals surface area contributed by atoms with Gasteiger partial charge in [0.2, 0.25) is 5.91 Å². The smallest absolute Gasteiger partial charge is 0.233 e. The first-order valence-corrected chi connectivity index (χ1v) is 3.38. The summed E-state index contributed by atoms with van der Waals surface area (Å²) in [6.07, 6.45) is 1.08. The van der Waals surface area contributed by atoms with Crippen molar-refractivity contribution in [3.8, 4) is 0 Å². The normalized spacial score (nSPS) is 12.7. The molecule has 0 fully saturated rings. The maximum atomic E-state index is 10.5. The third kappa shape index (κ3) is 4.29. The Morgan fingerprint density at radius 2 is 2.40 bits per heavy atom. The van der Waals surface area contributed by atoms with Gasteiger partial charge in [0.1, 0.15) is 0 Å². The molecule has 10 heavy (non-hydrogen) atoms. The predicted octanol–water partition coefficient (Wildman–Crippen LogP) is -0.473. The summed E-state index contributed by atoms with van der Waals surface area (Å²) in [5.74, 6) is 4.59. The fourth-order valence-corrected chi connectivity index (χ4v) is 0.574. The number of nitrogens with two attached hydrogens (primary N) is 1. The number of carbonyl (C=O) groups excluding carboxylic acids is 1. The molecule has 0 heterocycles. The summed E-state index contributed by atoms with van der Waals surface area (Å²) in [5.41, 5.74) is 1.99. The standard InChI is InChI=1S/C6H14N2O2/c1-2-5(9)3-4-6(10)8-7/h5,9H,2-4,7H2,1H3,(H,8,10)/t5-/m1/s1. The number of rotatable bonds is 4. The zero-order chi connectivity index (χ0) is 7.98. The minimum absolute atomic E-state index is 0.229. The third-order valence-electron chi connectivity index (χ3n) is 1.34. The second kappa shape index (κ2) is 5.20. The molecule has 0 spiro atoms. The Morgan fingerprint density at radius 1 is 1.80 bits per heavy atom. The summed E-state index contributed by atoms with van der Waals surface area (Å²) >= 11 is 0. The summed E-state index contributed by atoms with van der Waals surface area (Å²) in [4.78, 5) is 10.5. The van der Waals surface area contributed by atoms with Crippen LogP contribution in [0, 0.1) is 0 Å². The predicted molar refractivity (Wildman–Crippen MR) is 37.9 cm³/mol. The summed E-state index contributed by atoms with van der Waals surface area (Å²) < 4.78 is 0. The molecule has 1 amide bonds. The number of nitrogens with one attached hydrogen (secondary N) is 1. The fraction of sp³-hybridized carbons (Fsp3) is 0.833. The number of aliphatic hydroxyl groups is 1. The minimum atomic E-state index is -0.378. The van der Waals surface area contributed by atoms with Crippen molar-refractivity contribution in [3.63, 3.8) is 0 Å². The van der Waals surface area contributed by atoms with Crippen molar-refractivity contribution >= 4 is 5.91 Å². The quantitative estimate of drug-likeness (QED) is 0.285. The molecule has 0 aliphatic rings. The number of hydrogen-bond donors (Lipinski definition) is 3. The average molecular weight is 146 g/mol. The number of aliphatic hydroxyl groups excluding tert-OH is 1. The van der Waals surface area contributed by atoms with Crippen LogP contribution in [0.25, 0.3) is 0 Å². The largest absolute Gasteiger partial charge is 0.393 e. The van der Waals surface area contributed by atoms with Gasteiger partial charge in [0.05, 0.1) is 6.10 Å². The van der Waals surface area contributed by atoms with Crippen molar-refractivity contribution < 1.29 is 9.90 Å². The maximum Gasteiger partial charge on any atom is 0.233 e. The molecule has 60 valence electrons. The highest BCUT2D eigenvalue weighted by Crippen LogP contribution is 1.99. The van der Waals surface area contributed by atoms with Crippen LogP contribution in [0.4, 0.5) is 0 Å². The van der Waals surface area contributed by atoms with Gasteiger partial charge in [0.15, 0.2) is 0 Å². The van der Waals surface area contributed by atoms with Crippen molar-refractivity contribution in [2.24, 2.45) is 5.84 Å². The molecule has 0 aromatic carbocycles. The van der Waals surface area contributed by atoms with Crippen LogP contribution in [0.3, 0.4) is 0 Å². The van der Waals surface area contributed by atoms with Gasteiger partial charge in [-0.2, -0.15) is 0 Å². The van der Waals surface area contributed by atoms with E-state index in [2.05, 4.69) is 0 Å². The number of amides is 1. The Morgan fingerprint density at radius 3 is 2.80 bits per heavy atom. The summed E-state index contributed by atoms with van der Waals surface area (Å²) in [7, 11) is 0. The number of carbonyl (C=O) groups is 1. The molecule has 0 saturated heterocycles. The first-order chi connectivity index (χ1) is 4.70. The number of hydrazine groups is 1. The highest BCUT2D eigenvalue weighted by atomic mass is 16.3. The van der Waals surface area contributed by atoms with E-state index in [0.717, 1.165) is 0 Å². The van der Waals surface area contributed by atoms with Gasteiger partial charge < -0.3 is 5.11 Å². The second-order valence-corrected chi connectivity index (χ2v) is 2.17. The molecule has 4 nitrogen and oxygen atoms in total. The van der Waals surface area contributed by atoms with E-state index >= 15 is 0 Å². The monoisotopic (exact) mass is 146 g/mol. The van der Waals surface area contributed by atoms with Crippen LogP contribution in [0.5, 0.6) is 0 Å². The Balaban J connectivity index is 3.26. The molecule has 0 aliphatic carbocycles. The van der Waals surface area contributed by atoms with Crippen LogP contribution >= 0.6 is 0 Å². The van der Waals surface area contributed by atoms with Crippen LogP contribution in [0.2, 0.25) is 0 Å². The van der Waals surface area contributed by atoms with Gasteiger partial charge in [-0.3, -0.25) is 10.2 Å². The number of hydrogen-bond acceptors (Lipinski definition) is 3. The lowest BCUT2D eigenvalue weighted by atomic mass is 10.1. The fourth-order valence-electron chi connectivity index (χ4n) is 0.574. The Bertz CT molecular complexity index is 106. The van der Waals surface area contributed by atoms with E-state index in [-0.39, 0.29) is 12.0 Å². The van der Waals surface area contributed by atoms with Gasteiger partial charge in [-0.25, -0.2) is 5.84 Å². The van der Waals surface area contributed by atoms with Gasteiger partial charge in [0.25, 0.3) is 0 Å². The van der Waals surface area contributed by atoms with E-state index in [1.54, 1.807) is 0 Å². The van der Waals surface area contributed by atoms with Crippen LogP contribution in [-0.4, -0.2) is 17.1 Å². The molecule has 0 saturated carbocycles. The van der Waals surface area contributed by atoms with Gasteiger partial charge in [-0.1, -0.05) is 6.92 Å². The van der Waals surface area contributed by atoms with Crippen molar-refractivity contribution in [1.29, 1.82) is 0 Å². The Hall–Kier alpha value is -0.610. The summed E-state index contributed by atoms with van der Waals surface area (Å²) in [6.45, 7) is 1.87. The molecule has 0 aliphatic heterocycles. The van der Waals surface area contributed by atoms with Crippen molar-refractivity contribution in [2.75, 3.05) is 0 Å². The highest BCUT2D eigenvalue weighted by Gasteiger charge is 2.03. The van der Waals surface area contributed by atoms with Crippen LogP contribution in [0.1, 0.15) is 26.2 Å². The van der Waals surface area contributed by atoms with E-state index in [1.807, 2.05) is 12.3 Å². The van der Waals surface area contributed by atoms with Gasteiger partial charge in [-0.15, -0.1) is 0 Å². The summed E-state index contributed by atoms with van der Waals surface area (Å²) in [6, 6.07) is 0. The highest BCUT2D eigenvalue weighted by molar-refractivity contribution is 5.75. The maximum absolute atomic E-state index is 10.5. The molecule has 0 bridgehead atoms. The summed E-state index contributed by atoms with van der Waals surface area (Å²) in [5, 5.41) is 8.98. The lowest BCUT2D eigenvalue weighted by Gasteiger charge is -2.04. The Labute approximate surface area is 60.4 Å². The first-order valence-electron chi connectivity index (χ1n) is 3.38. The molecular weight excluding hydrogens is 132 g/mol. The van der Waals surface area contributed by atoms with Crippen molar-refractivity contribution in [3.05, 3.63) is 0 Å². The van der Waals surface area contributed by atoms with E-state index < -0.39 is 0 Å². The molecule has 0 aromatic heterocycles. The second-order valence-electron chi connectivity index (χ2n) is 2.17. The lowest BCUT2D eigenvalue weighted by Crippen LogP contribution is -2.30. The zero-order valence-electron chi connectivity index (χ0n) is 6.13. The van der Waals surface area contributed by atoms with Gasteiger partial charge in [-0.05, 0) is 12.8 Å². The van der Waals surface area contributed by atoms with Crippen LogP contribution in [-0.2, 0) is 4.79 Å². The minimum Gasteiger partial charge on any atom is -0.393 e. The molecular formula is C6H14N2O2. The zero-order valence-corrected chi connectivity index (χ0v) is 6.13. The molecule has 4 N–H and O–H groups in total. The molecule has 1 atom stereocenters. The first kappa shape index (κ1) is 9.39. The third-order valence-corrected chi connectivity index (χ3v) is 1.34. The Kier molecular flexibility index (Phi) is 4.88. The lowest BCUT2D eigenvalue weighted by molar-refractivity contribution is -0.121. The molecule has 0 radical (unpaired) electrons. The average Bonchev–Trinajstić information content (AvgIpc) is 1.99. The SMILES string of the molecule is CC[C@@H](O)CCC(=O)NN. The van der Waals surface area contributed by atoms with Crippen molar-refractivity contribution in [1.82, 2.24) is 5.43 Å². The van der Waals surface area contributed by atoms with E-state index in [1.165, 1.54) is 0 Å². The molecule has 0 rings (SSSR count).